The molecular formula is C18H18ClN3O2. The summed E-state index contributed by atoms with van der Waals surface area (Å²) >= 11 is 5.85. The van der Waals surface area contributed by atoms with E-state index in [1.54, 1.807) is 10.6 Å². The number of hydrogen-bond donors (Lipinski definition) is 0. The van der Waals surface area contributed by atoms with Crippen LogP contribution in [0.2, 0.25) is 5.15 Å². The van der Waals surface area contributed by atoms with E-state index in [9.17, 15) is 4.79 Å². The molecule has 124 valence electrons. The molecule has 0 N–H and O–H groups in total. The second-order valence-corrected chi connectivity index (χ2v) is 5.95. The molecule has 0 bridgehead atoms. The van der Waals surface area contributed by atoms with Crippen LogP contribution in [0, 0.1) is 0 Å². The van der Waals surface area contributed by atoms with Gasteiger partial charge in [0.1, 0.15) is 11.8 Å². The molecule has 2 heterocycles. The average molecular weight is 344 g/mol. The standard InChI is InChI=1S/C18H18ClN3O2/c19-17-9-10-18-20-15(11-22(18)21-17)7-4-8-16(23)13-24-12-14-5-2-1-3-6-14/h1-3,5-6,9-11H,4,7-8,12-13H2. The normalized spacial score (nSPS) is 11.0. The minimum absolute atomic E-state index is 0.107. The quantitative estimate of drug-likeness (QED) is 0.628. The lowest BCUT2D eigenvalue weighted by Crippen LogP contribution is -2.08. The first kappa shape index (κ1) is 16.6. The number of aryl methyl sites for hydroxylation is 1. The van der Waals surface area contributed by atoms with E-state index in [1.165, 1.54) is 0 Å². The number of ketones is 1. The van der Waals surface area contributed by atoms with Crippen LogP contribution < -0.4 is 0 Å². The van der Waals surface area contributed by atoms with Gasteiger partial charge in [-0.1, -0.05) is 41.9 Å². The summed E-state index contributed by atoms with van der Waals surface area (Å²) in [6.07, 6.45) is 3.80. The van der Waals surface area contributed by atoms with Crippen LogP contribution in [0.5, 0.6) is 0 Å². The van der Waals surface area contributed by atoms with Crippen LogP contribution in [0.25, 0.3) is 5.65 Å². The molecule has 3 aromatic rings. The summed E-state index contributed by atoms with van der Waals surface area (Å²) in [5.41, 5.74) is 2.73. The van der Waals surface area contributed by atoms with Gasteiger partial charge in [0.25, 0.3) is 0 Å². The monoisotopic (exact) mass is 343 g/mol. The minimum atomic E-state index is 0.107. The summed E-state index contributed by atoms with van der Waals surface area (Å²) in [7, 11) is 0. The molecular weight excluding hydrogens is 326 g/mol. The molecule has 0 spiro atoms. The summed E-state index contributed by atoms with van der Waals surface area (Å²) in [5.74, 6) is 0.107. The Balaban J connectivity index is 1.39. The van der Waals surface area contributed by atoms with E-state index in [-0.39, 0.29) is 12.4 Å². The van der Waals surface area contributed by atoms with Crippen molar-refractivity contribution in [1.82, 2.24) is 14.6 Å². The molecule has 24 heavy (non-hydrogen) atoms. The predicted molar refractivity (Wildman–Crippen MR) is 92.0 cm³/mol. The predicted octanol–water partition coefficient (Wildman–Crippen LogP) is 3.49. The van der Waals surface area contributed by atoms with E-state index in [0.29, 0.717) is 18.2 Å². The maximum atomic E-state index is 11.9. The minimum Gasteiger partial charge on any atom is -0.369 e. The van der Waals surface area contributed by atoms with Crippen molar-refractivity contribution in [2.45, 2.75) is 25.9 Å². The lowest BCUT2D eigenvalue weighted by molar-refractivity contribution is -0.124. The van der Waals surface area contributed by atoms with Crippen LogP contribution in [-0.2, 0) is 22.6 Å². The van der Waals surface area contributed by atoms with Crippen molar-refractivity contribution in [1.29, 1.82) is 0 Å². The second kappa shape index (κ2) is 8.04. The molecule has 1 aromatic carbocycles. The van der Waals surface area contributed by atoms with Crippen LogP contribution in [0.3, 0.4) is 0 Å². The first-order chi connectivity index (χ1) is 11.7. The molecule has 0 aliphatic heterocycles. The molecule has 0 aliphatic carbocycles. The van der Waals surface area contributed by atoms with E-state index < -0.39 is 0 Å². The topological polar surface area (TPSA) is 56.5 Å². The van der Waals surface area contributed by atoms with Gasteiger partial charge in [0.05, 0.1) is 18.5 Å². The van der Waals surface area contributed by atoms with Gasteiger partial charge in [0.15, 0.2) is 11.4 Å². The number of fused-ring (bicyclic) bond motifs is 1. The number of nitrogens with zero attached hydrogens (tertiary/aromatic N) is 3. The summed E-state index contributed by atoms with van der Waals surface area (Å²) in [6, 6.07) is 13.4. The van der Waals surface area contributed by atoms with Crippen molar-refractivity contribution in [2.24, 2.45) is 0 Å². The molecule has 3 rings (SSSR count). The molecule has 0 amide bonds. The fourth-order valence-corrected chi connectivity index (χ4v) is 2.57. The lowest BCUT2D eigenvalue weighted by atomic mass is 10.1. The largest absolute Gasteiger partial charge is 0.369 e. The van der Waals surface area contributed by atoms with E-state index >= 15 is 0 Å². The van der Waals surface area contributed by atoms with Gasteiger partial charge in [-0.25, -0.2) is 9.50 Å². The Hall–Kier alpha value is -2.24. The van der Waals surface area contributed by atoms with Gasteiger partial charge in [-0.05, 0) is 30.5 Å². The maximum Gasteiger partial charge on any atom is 0.158 e. The summed E-state index contributed by atoms with van der Waals surface area (Å²) in [6.45, 7) is 0.614. The number of carbonyl (C=O) groups is 1. The smallest absolute Gasteiger partial charge is 0.158 e. The SMILES string of the molecule is O=C(CCCc1cn2nc(Cl)ccc2n1)COCc1ccccc1. The number of hydrogen-bond acceptors (Lipinski definition) is 4. The van der Waals surface area contributed by atoms with Gasteiger partial charge in [-0.2, -0.15) is 5.10 Å². The van der Waals surface area contributed by atoms with Gasteiger partial charge in [-0.15, -0.1) is 0 Å². The van der Waals surface area contributed by atoms with Crippen molar-refractivity contribution in [3.8, 4) is 0 Å². The zero-order chi connectivity index (χ0) is 16.8. The molecule has 6 heteroatoms. The third kappa shape index (κ3) is 4.63. The Morgan fingerprint density at radius 2 is 2.00 bits per heavy atom. The number of halogens is 1. The van der Waals surface area contributed by atoms with Crippen molar-refractivity contribution >= 4 is 23.0 Å². The van der Waals surface area contributed by atoms with Gasteiger partial charge in [0, 0.05) is 6.42 Å². The first-order valence-corrected chi connectivity index (χ1v) is 8.23. The molecule has 0 aliphatic rings. The number of aromatic nitrogens is 3. The first-order valence-electron chi connectivity index (χ1n) is 7.85. The van der Waals surface area contributed by atoms with Crippen molar-refractivity contribution in [3.05, 3.63) is 65.1 Å². The van der Waals surface area contributed by atoms with Crippen LogP contribution >= 0.6 is 11.6 Å². The Morgan fingerprint density at radius 3 is 2.83 bits per heavy atom. The molecule has 5 nitrogen and oxygen atoms in total. The van der Waals surface area contributed by atoms with Gasteiger partial charge in [0.2, 0.25) is 0 Å². The molecule has 0 radical (unpaired) electrons. The number of ether oxygens (including phenoxy) is 1. The number of benzene rings is 1. The van der Waals surface area contributed by atoms with Crippen LogP contribution in [0.15, 0.2) is 48.7 Å². The summed E-state index contributed by atoms with van der Waals surface area (Å²) in [5, 5.41) is 4.57. The van der Waals surface area contributed by atoms with E-state index in [4.69, 9.17) is 16.3 Å². The highest BCUT2D eigenvalue weighted by atomic mass is 35.5. The Bertz CT molecular complexity index is 818. The Kier molecular flexibility index (Phi) is 5.56. The molecule has 2 aromatic heterocycles. The Labute approximate surface area is 145 Å². The maximum absolute atomic E-state index is 11.9. The van der Waals surface area contributed by atoms with Crippen molar-refractivity contribution < 1.29 is 9.53 Å². The highest BCUT2D eigenvalue weighted by Gasteiger charge is 2.06. The van der Waals surface area contributed by atoms with Gasteiger partial charge in [-0.3, -0.25) is 4.79 Å². The summed E-state index contributed by atoms with van der Waals surface area (Å²) < 4.78 is 7.11. The van der Waals surface area contributed by atoms with Crippen molar-refractivity contribution in [3.63, 3.8) is 0 Å². The van der Waals surface area contributed by atoms with Crippen LogP contribution in [0.4, 0.5) is 0 Å². The summed E-state index contributed by atoms with van der Waals surface area (Å²) in [4.78, 5) is 16.3. The fourth-order valence-electron chi connectivity index (χ4n) is 2.42. The zero-order valence-corrected chi connectivity index (χ0v) is 13.9. The second-order valence-electron chi connectivity index (χ2n) is 5.56. The number of Topliss-reactive ketones (excluding diaryl/α,β-unsaturated/α-hetero) is 1. The number of imidazole rings is 1. The highest BCUT2D eigenvalue weighted by Crippen LogP contribution is 2.10. The number of rotatable bonds is 8. The Morgan fingerprint density at radius 1 is 1.17 bits per heavy atom. The highest BCUT2D eigenvalue weighted by molar-refractivity contribution is 6.29. The lowest BCUT2D eigenvalue weighted by Gasteiger charge is -2.03. The van der Waals surface area contributed by atoms with Crippen LogP contribution in [0.1, 0.15) is 24.1 Å². The third-order valence-electron chi connectivity index (χ3n) is 3.60. The fraction of sp³-hybridized carbons (Fsp3) is 0.278. The van der Waals surface area contributed by atoms with E-state index in [2.05, 4.69) is 10.1 Å². The molecule has 0 saturated heterocycles. The third-order valence-corrected chi connectivity index (χ3v) is 3.80. The molecule has 0 atom stereocenters. The molecule has 0 unspecified atom stereocenters. The van der Waals surface area contributed by atoms with Crippen LogP contribution in [-0.4, -0.2) is 27.0 Å². The van der Waals surface area contributed by atoms with E-state index in [1.807, 2.05) is 42.6 Å². The number of carbonyl (C=O) groups excluding carboxylic acids is 1. The molecule has 0 saturated carbocycles. The molecule has 0 fully saturated rings. The van der Waals surface area contributed by atoms with Gasteiger partial charge < -0.3 is 4.74 Å². The average Bonchev–Trinajstić information content (AvgIpc) is 2.97. The van der Waals surface area contributed by atoms with Crippen molar-refractivity contribution in [2.75, 3.05) is 6.61 Å². The zero-order valence-electron chi connectivity index (χ0n) is 13.2. The van der Waals surface area contributed by atoms with E-state index in [0.717, 1.165) is 29.7 Å². The van der Waals surface area contributed by atoms with Gasteiger partial charge >= 0.3 is 0 Å².